The van der Waals surface area contributed by atoms with Crippen molar-refractivity contribution in [3.05, 3.63) is 59.2 Å². The van der Waals surface area contributed by atoms with Crippen molar-refractivity contribution >= 4 is 5.97 Å². The molecular weight excluding hydrogens is 295 g/mol. The summed E-state index contributed by atoms with van der Waals surface area (Å²) in [6.07, 6.45) is -4.91. The molecule has 7 heteroatoms. The Morgan fingerprint density at radius 1 is 1.00 bits per heavy atom. The highest BCUT2D eigenvalue weighted by molar-refractivity contribution is 5.96. The molecule has 0 amide bonds. The van der Waals surface area contributed by atoms with E-state index < -0.39 is 40.5 Å². The molecule has 2 rings (SSSR count). The van der Waals surface area contributed by atoms with Crippen LogP contribution in [0.3, 0.4) is 0 Å². The molecule has 0 saturated heterocycles. The zero-order chi connectivity index (χ0) is 15.8. The predicted octanol–water partition coefficient (Wildman–Crippen LogP) is 4.35. The Balaban J connectivity index is 2.72. The largest absolute Gasteiger partial charge is 0.478 e. The summed E-state index contributed by atoms with van der Waals surface area (Å²) in [5, 5.41) is 8.96. The highest BCUT2D eigenvalue weighted by Crippen LogP contribution is 2.36. The lowest BCUT2D eigenvalue weighted by atomic mass is 9.97. The smallest absolute Gasteiger partial charge is 0.419 e. The van der Waals surface area contributed by atoms with Crippen molar-refractivity contribution in [3.63, 3.8) is 0 Å². The van der Waals surface area contributed by atoms with Crippen molar-refractivity contribution in [2.45, 2.75) is 6.18 Å². The van der Waals surface area contributed by atoms with Gasteiger partial charge in [0.2, 0.25) is 0 Å². The Hall–Kier alpha value is -2.44. The van der Waals surface area contributed by atoms with Crippen molar-refractivity contribution in [2.24, 2.45) is 0 Å². The first kappa shape index (κ1) is 15.0. The van der Waals surface area contributed by atoms with E-state index in [4.69, 9.17) is 5.11 Å². The van der Waals surface area contributed by atoms with Gasteiger partial charge in [-0.1, -0.05) is 18.2 Å². The molecule has 2 aromatic carbocycles. The molecule has 0 fully saturated rings. The van der Waals surface area contributed by atoms with Crippen LogP contribution >= 0.6 is 0 Å². The molecule has 0 aromatic heterocycles. The minimum absolute atomic E-state index is 0.326. The second-order valence-corrected chi connectivity index (χ2v) is 4.16. The van der Waals surface area contributed by atoms with Crippen LogP contribution in [-0.4, -0.2) is 11.1 Å². The number of carboxylic acid groups (broad SMARTS) is 1. The number of carbonyl (C=O) groups is 1. The van der Waals surface area contributed by atoms with Gasteiger partial charge in [-0.25, -0.2) is 13.6 Å². The van der Waals surface area contributed by atoms with E-state index in [-0.39, 0.29) is 5.56 Å². The third-order valence-corrected chi connectivity index (χ3v) is 2.81. The molecule has 110 valence electrons. The van der Waals surface area contributed by atoms with Crippen LogP contribution in [0.4, 0.5) is 22.0 Å². The Morgan fingerprint density at radius 2 is 1.67 bits per heavy atom. The van der Waals surface area contributed by atoms with E-state index in [1.54, 1.807) is 0 Å². The monoisotopic (exact) mass is 302 g/mol. The third kappa shape index (κ3) is 2.86. The van der Waals surface area contributed by atoms with Gasteiger partial charge in [-0.05, 0) is 23.8 Å². The van der Waals surface area contributed by atoms with E-state index in [9.17, 15) is 26.7 Å². The molecule has 0 radical (unpaired) electrons. The Morgan fingerprint density at radius 3 is 2.24 bits per heavy atom. The standard InChI is InChI=1S/C14H7F5O2/c15-7-4-5-8(10(6-7)13(20)21)9-2-1-3-11(12(9)16)14(17,18)19/h1-6H,(H,20,21). The van der Waals surface area contributed by atoms with E-state index >= 15 is 0 Å². The molecule has 2 aromatic rings. The molecule has 0 heterocycles. The van der Waals surface area contributed by atoms with Crippen molar-refractivity contribution in [1.29, 1.82) is 0 Å². The minimum Gasteiger partial charge on any atom is -0.478 e. The van der Waals surface area contributed by atoms with Crippen molar-refractivity contribution in [2.75, 3.05) is 0 Å². The number of hydrogen-bond donors (Lipinski definition) is 1. The SMILES string of the molecule is O=C(O)c1cc(F)ccc1-c1cccc(C(F)(F)F)c1F. The molecule has 0 bridgehead atoms. The second kappa shape index (κ2) is 5.16. The number of benzene rings is 2. The van der Waals surface area contributed by atoms with E-state index in [2.05, 4.69) is 0 Å². The molecule has 0 aliphatic carbocycles. The first-order valence-corrected chi connectivity index (χ1v) is 5.60. The lowest BCUT2D eigenvalue weighted by Gasteiger charge is -2.12. The van der Waals surface area contributed by atoms with Gasteiger partial charge in [0.25, 0.3) is 0 Å². The maximum Gasteiger partial charge on any atom is 0.419 e. The number of carboxylic acids is 1. The summed E-state index contributed by atoms with van der Waals surface area (Å²) < 4.78 is 65.0. The van der Waals surface area contributed by atoms with Crippen molar-refractivity contribution < 1.29 is 31.9 Å². The lowest BCUT2D eigenvalue weighted by Crippen LogP contribution is -2.09. The highest BCUT2D eigenvalue weighted by Gasteiger charge is 2.35. The fourth-order valence-electron chi connectivity index (χ4n) is 1.89. The van der Waals surface area contributed by atoms with Crippen LogP contribution < -0.4 is 0 Å². The van der Waals surface area contributed by atoms with Gasteiger partial charge in [0.15, 0.2) is 0 Å². The van der Waals surface area contributed by atoms with Crippen LogP contribution in [-0.2, 0) is 6.18 Å². The summed E-state index contributed by atoms with van der Waals surface area (Å²) in [5.41, 5.74) is -3.01. The van der Waals surface area contributed by atoms with Gasteiger partial charge in [0.05, 0.1) is 11.1 Å². The second-order valence-electron chi connectivity index (χ2n) is 4.16. The number of alkyl halides is 3. The highest BCUT2D eigenvalue weighted by atomic mass is 19.4. The van der Waals surface area contributed by atoms with E-state index in [1.807, 2.05) is 0 Å². The summed E-state index contributed by atoms with van der Waals surface area (Å²) >= 11 is 0. The van der Waals surface area contributed by atoms with E-state index in [0.717, 1.165) is 24.3 Å². The topological polar surface area (TPSA) is 37.3 Å². The maximum absolute atomic E-state index is 14.0. The summed E-state index contributed by atoms with van der Waals surface area (Å²) in [6.45, 7) is 0. The number of rotatable bonds is 2. The zero-order valence-corrected chi connectivity index (χ0v) is 10.2. The van der Waals surface area contributed by atoms with Gasteiger partial charge < -0.3 is 5.11 Å². The average Bonchev–Trinajstić information content (AvgIpc) is 2.38. The minimum atomic E-state index is -4.91. The first-order chi connectivity index (χ1) is 9.71. The lowest BCUT2D eigenvalue weighted by molar-refractivity contribution is -0.139. The Labute approximate surface area is 115 Å². The molecular formula is C14H7F5O2. The first-order valence-electron chi connectivity index (χ1n) is 5.60. The molecule has 0 saturated carbocycles. The van der Waals surface area contributed by atoms with Gasteiger partial charge in [-0.3, -0.25) is 0 Å². The average molecular weight is 302 g/mol. The number of halogens is 5. The summed E-state index contributed by atoms with van der Waals surface area (Å²) in [5.74, 6) is -4.05. The van der Waals surface area contributed by atoms with Crippen LogP contribution in [0.1, 0.15) is 15.9 Å². The molecule has 1 N–H and O–H groups in total. The van der Waals surface area contributed by atoms with E-state index in [1.165, 1.54) is 0 Å². The fraction of sp³-hybridized carbons (Fsp3) is 0.0714. The molecule has 0 aliphatic heterocycles. The molecule has 0 atom stereocenters. The van der Waals surface area contributed by atoms with Gasteiger partial charge in [0, 0.05) is 5.56 Å². The van der Waals surface area contributed by atoms with E-state index in [0.29, 0.717) is 12.1 Å². The Kier molecular flexibility index (Phi) is 3.67. The van der Waals surface area contributed by atoms with Gasteiger partial charge in [0.1, 0.15) is 11.6 Å². The third-order valence-electron chi connectivity index (χ3n) is 2.81. The van der Waals surface area contributed by atoms with Gasteiger partial charge in [-0.2, -0.15) is 13.2 Å². The van der Waals surface area contributed by atoms with Crippen LogP contribution in [0, 0.1) is 11.6 Å². The molecule has 2 nitrogen and oxygen atoms in total. The van der Waals surface area contributed by atoms with Gasteiger partial charge >= 0.3 is 12.1 Å². The number of aromatic carboxylic acids is 1. The predicted molar refractivity (Wildman–Crippen MR) is 63.8 cm³/mol. The van der Waals surface area contributed by atoms with Gasteiger partial charge in [-0.15, -0.1) is 0 Å². The summed E-state index contributed by atoms with van der Waals surface area (Å²) in [6, 6.07) is 4.90. The molecule has 21 heavy (non-hydrogen) atoms. The molecule has 0 unspecified atom stereocenters. The molecule has 0 aliphatic rings. The quantitative estimate of drug-likeness (QED) is 0.837. The summed E-state index contributed by atoms with van der Waals surface area (Å²) in [4.78, 5) is 11.0. The number of hydrogen-bond acceptors (Lipinski definition) is 1. The zero-order valence-electron chi connectivity index (χ0n) is 10.2. The Bertz CT molecular complexity index is 707. The maximum atomic E-state index is 14.0. The molecule has 0 spiro atoms. The van der Waals surface area contributed by atoms with Crippen molar-refractivity contribution in [1.82, 2.24) is 0 Å². The van der Waals surface area contributed by atoms with Crippen LogP contribution in [0.25, 0.3) is 11.1 Å². The summed E-state index contributed by atoms with van der Waals surface area (Å²) in [7, 11) is 0. The normalized spacial score (nSPS) is 11.5. The van der Waals surface area contributed by atoms with Crippen LogP contribution in [0.2, 0.25) is 0 Å². The van der Waals surface area contributed by atoms with Crippen molar-refractivity contribution in [3.8, 4) is 11.1 Å². The van der Waals surface area contributed by atoms with Crippen LogP contribution in [0.5, 0.6) is 0 Å². The fourth-order valence-corrected chi connectivity index (χ4v) is 1.89. The van der Waals surface area contributed by atoms with Crippen LogP contribution in [0.15, 0.2) is 36.4 Å².